The molecule has 1 aliphatic heterocycles. The molecular weight excluding hydrogens is 458 g/mol. The molecule has 2 aliphatic rings. The van der Waals surface area contributed by atoms with Crippen LogP contribution < -0.4 is 0 Å². The second-order valence-electron chi connectivity index (χ2n) is 9.70. The van der Waals surface area contributed by atoms with E-state index in [0.717, 1.165) is 41.9 Å². The molecule has 3 aromatic rings. The van der Waals surface area contributed by atoms with Crippen molar-refractivity contribution in [3.05, 3.63) is 82.7 Å². The number of benzene rings is 2. The normalized spacial score (nSPS) is 17.3. The molecule has 184 valence electrons. The fourth-order valence-corrected chi connectivity index (χ4v) is 6.93. The van der Waals surface area contributed by atoms with E-state index in [1.807, 2.05) is 62.4 Å². The van der Waals surface area contributed by atoms with E-state index >= 15 is 0 Å². The van der Waals surface area contributed by atoms with E-state index in [9.17, 15) is 13.2 Å². The zero-order valence-electron chi connectivity index (χ0n) is 20.5. The number of Topliss-reactive ketones (excluding diaryl/α,β-unsaturated/α-hetero) is 1. The summed E-state index contributed by atoms with van der Waals surface area (Å²) in [5.41, 5.74) is 6.20. The predicted molar refractivity (Wildman–Crippen MR) is 138 cm³/mol. The van der Waals surface area contributed by atoms with E-state index in [1.54, 1.807) is 10.4 Å². The van der Waals surface area contributed by atoms with Crippen LogP contribution >= 0.6 is 0 Å². The largest absolute Gasteiger partial charge is 0.318 e. The monoisotopic (exact) mass is 491 g/mol. The van der Waals surface area contributed by atoms with Crippen molar-refractivity contribution in [2.75, 3.05) is 32.7 Å². The van der Waals surface area contributed by atoms with Crippen LogP contribution in [0.1, 0.15) is 45.7 Å². The molecule has 7 heteroatoms. The first-order valence-electron chi connectivity index (χ1n) is 12.5. The first-order chi connectivity index (χ1) is 16.8. The second kappa shape index (κ2) is 9.72. The van der Waals surface area contributed by atoms with E-state index in [-0.39, 0.29) is 5.78 Å². The summed E-state index contributed by atoms with van der Waals surface area (Å²) in [5, 5.41) is 0. The minimum Gasteiger partial charge on any atom is -0.318 e. The molecule has 0 bridgehead atoms. The third kappa shape index (κ3) is 4.73. The van der Waals surface area contributed by atoms with Gasteiger partial charge in [0.05, 0.1) is 11.4 Å². The number of para-hydroxylation sites is 1. The number of ketones is 1. The van der Waals surface area contributed by atoms with E-state index in [4.69, 9.17) is 0 Å². The number of hydrogen-bond donors (Lipinski definition) is 0. The van der Waals surface area contributed by atoms with Crippen molar-refractivity contribution in [3.8, 4) is 5.69 Å². The Morgan fingerprint density at radius 3 is 2.26 bits per heavy atom. The first kappa shape index (κ1) is 24.0. The Kier molecular flexibility index (Phi) is 6.66. The molecule has 1 saturated heterocycles. The van der Waals surface area contributed by atoms with Crippen LogP contribution in [-0.2, 0) is 22.9 Å². The number of carbonyl (C=O) groups is 1. The van der Waals surface area contributed by atoms with Crippen LogP contribution in [0, 0.1) is 13.8 Å². The fraction of sp³-hybridized carbons (Fsp3) is 0.393. The highest BCUT2D eigenvalue weighted by Crippen LogP contribution is 2.26. The molecule has 5 rings (SSSR count). The molecule has 0 unspecified atom stereocenters. The SMILES string of the molecule is Cc1cc(C(=O)CN2CCN(S(=O)(=O)c3ccc4c(c3)CCCC4)CC2)c(C)n1-c1ccccc1. The second-order valence-corrected chi connectivity index (χ2v) is 11.6. The molecule has 0 amide bonds. The van der Waals surface area contributed by atoms with Gasteiger partial charge >= 0.3 is 0 Å². The minimum absolute atomic E-state index is 0.0753. The molecule has 2 aromatic carbocycles. The Morgan fingerprint density at radius 2 is 1.54 bits per heavy atom. The summed E-state index contributed by atoms with van der Waals surface area (Å²) in [6.45, 7) is 6.19. The molecule has 0 spiro atoms. The number of aromatic nitrogens is 1. The molecule has 2 heterocycles. The lowest BCUT2D eigenvalue weighted by atomic mass is 9.92. The van der Waals surface area contributed by atoms with Crippen LogP contribution in [0.4, 0.5) is 0 Å². The van der Waals surface area contributed by atoms with Crippen molar-refractivity contribution in [2.24, 2.45) is 0 Å². The maximum absolute atomic E-state index is 13.3. The predicted octanol–water partition coefficient (Wildman–Crippen LogP) is 4.16. The van der Waals surface area contributed by atoms with Crippen molar-refractivity contribution >= 4 is 15.8 Å². The average molecular weight is 492 g/mol. The maximum atomic E-state index is 13.3. The van der Waals surface area contributed by atoms with Crippen molar-refractivity contribution in [1.82, 2.24) is 13.8 Å². The van der Waals surface area contributed by atoms with Crippen LogP contribution in [0.15, 0.2) is 59.5 Å². The van der Waals surface area contributed by atoms with E-state index in [2.05, 4.69) is 9.47 Å². The van der Waals surface area contributed by atoms with Gasteiger partial charge in [0.25, 0.3) is 0 Å². The third-order valence-electron chi connectivity index (χ3n) is 7.40. The lowest BCUT2D eigenvalue weighted by molar-refractivity contribution is 0.0901. The standard InChI is InChI=1S/C28H33N3O3S/c1-21-18-27(22(2)31(21)25-10-4-3-5-11-25)28(32)20-29-14-16-30(17-15-29)35(33,34)26-13-12-23-8-6-7-9-24(23)19-26/h3-5,10-13,18-19H,6-9,14-17,20H2,1-2H3. The number of sulfonamides is 1. The highest BCUT2D eigenvalue weighted by Gasteiger charge is 2.30. The van der Waals surface area contributed by atoms with Crippen molar-refractivity contribution in [3.63, 3.8) is 0 Å². The summed E-state index contributed by atoms with van der Waals surface area (Å²) >= 11 is 0. The topological polar surface area (TPSA) is 62.6 Å². The lowest BCUT2D eigenvalue weighted by Gasteiger charge is -2.33. The first-order valence-corrected chi connectivity index (χ1v) is 13.9. The molecule has 1 aromatic heterocycles. The zero-order chi connectivity index (χ0) is 24.6. The molecule has 0 radical (unpaired) electrons. The molecule has 1 fully saturated rings. The number of piperazine rings is 1. The summed E-state index contributed by atoms with van der Waals surface area (Å²) in [4.78, 5) is 15.6. The molecule has 0 atom stereocenters. The lowest BCUT2D eigenvalue weighted by Crippen LogP contribution is -2.49. The Labute approximate surface area is 208 Å². The van der Waals surface area contributed by atoms with Gasteiger partial charge in [0.15, 0.2) is 5.78 Å². The number of aryl methyl sites for hydroxylation is 3. The van der Waals surface area contributed by atoms with Gasteiger partial charge in [-0.25, -0.2) is 8.42 Å². The molecule has 1 aliphatic carbocycles. The van der Waals surface area contributed by atoms with Gasteiger partial charge in [-0.05, 0) is 81.0 Å². The van der Waals surface area contributed by atoms with Crippen LogP contribution in [0.3, 0.4) is 0 Å². The van der Waals surface area contributed by atoms with Gasteiger partial charge < -0.3 is 4.57 Å². The molecular formula is C28H33N3O3S. The van der Waals surface area contributed by atoms with Gasteiger partial charge in [0.2, 0.25) is 10.0 Å². The van der Waals surface area contributed by atoms with Crippen molar-refractivity contribution in [2.45, 2.75) is 44.4 Å². The van der Waals surface area contributed by atoms with E-state index in [1.165, 1.54) is 17.5 Å². The summed E-state index contributed by atoms with van der Waals surface area (Å²) < 4.78 is 30.2. The molecule has 0 saturated carbocycles. The Bertz CT molecular complexity index is 1340. The minimum atomic E-state index is -3.52. The summed E-state index contributed by atoms with van der Waals surface area (Å²) in [5.74, 6) is 0.0753. The van der Waals surface area contributed by atoms with E-state index < -0.39 is 10.0 Å². The molecule has 0 N–H and O–H groups in total. The highest BCUT2D eigenvalue weighted by molar-refractivity contribution is 7.89. The number of carbonyl (C=O) groups excluding carboxylic acids is 1. The number of hydrogen-bond acceptors (Lipinski definition) is 4. The van der Waals surface area contributed by atoms with Crippen LogP contribution in [-0.4, -0.2) is 60.7 Å². The number of fused-ring (bicyclic) bond motifs is 1. The van der Waals surface area contributed by atoms with Gasteiger partial charge in [-0.1, -0.05) is 24.3 Å². The van der Waals surface area contributed by atoms with Crippen molar-refractivity contribution < 1.29 is 13.2 Å². The molecule has 35 heavy (non-hydrogen) atoms. The average Bonchev–Trinajstić information content (AvgIpc) is 3.18. The highest BCUT2D eigenvalue weighted by atomic mass is 32.2. The summed E-state index contributed by atoms with van der Waals surface area (Å²) in [6, 6.07) is 17.6. The Balaban J connectivity index is 1.24. The molecule has 6 nitrogen and oxygen atoms in total. The maximum Gasteiger partial charge on any atom is 0.243 e. The van der Waals surface area contributed by atoms with Gasteiger partial charge in [0.1, 0.15) is 0 Å². The number of rotatable bonds is 6. The third-order valence-corrected chi connectivity index (χ3v) is 9.30. The fourth-order valence-electron chi connectivity index (χ4n) is 5.46. The Morgan fingerprint density at radius 1 is 0.857 bits per heavy atom. The van der Waals surface area contributed by atoms with Gasteiger partial charge in [-0.2, -0.15) is 4.31 Å². The number of nitrogens with zero attached hydrogens (tertiary/aromatic N) is 3. The Hall–Kier alpha value is -2.74. The summed E-state index contributed by atoms with van der Waals surface area (Å²) in [6.07, 6.45) is 4.29. The smallest absolute Gasteiger partial charge is 0.243 e. The van der Waals surface area contributed by atoms with Crippen LogP contribution in [0.2, 0.25) is 0 Å². The summed E-state index contributed by atoms with van der Waals surface area (Å²) in [7, 11) is -3.52. The van der Waals surface area contributed by atoms with E-state index in [0.29, 0.717) is 37.6 Å². The quantitative estimate of drug-likeness (QED) is 0.486. The van der Waals surface area contributed by atoms with Gasteiger partial charge in [-0.3, -0.25) is 9.69 Å². The van der Waals surface area contributed by atoms with Gasteiger partial charge in [-0.15, -0.1) is 0 Å². The van der Waals surface area contributed by atoms with Gasteiger partial charge in [0, 0.05) is 48.8 Å². The van der Waals surface area contributed by atoms with Crippen LogP contribution in [0.25, 0.3) is 5.69 Å². The van der Waals surface area contributed by atoms with Crippen LogP contribution in [0.5, 0.6) is 0 Å². The van der Waals surface area contributed by atoms with Crippen molar-refractivity contribution in [1.29, 1.82) is 0 Å². The zero-order valence-corrected chi connectivity index (χ0v) is 21.4.